The molecule has 4 heteroatoms. The van der Waals surface area contributed by atoms with Gasteiger partial charge in [0.1, 0.15) is 5.60 Å². The first-order chi connectivity index (χ1) is 10.8. The van der Waals surface area contributed by atoms with E-state index in [4.69, 9.17) is 4.74 Å². The number of nitrogens with zero attached hydrogens (tertiary/aromatic N) is 1. The van der Waals surface area contributed by atoms with Crippen molar-refractivity contribution >= 4 is 6.09 Å². The molecule has 1 amide bonds. The molecule has 134 valence electrons. The van der Waals surface area contributed by atoms with Crippen LogP contribution >= 0.6 is 0 Å². The molecule has 1 saturated heterocycles. The topological polar surface area (TPSA) is 41.6 Å². The number of rotatable bonds is 6. The van der Waals surface area contributed by atoms with E-state index in [9.17, 15) is 4.79 Å². The standard InChI is InChI=1S/C19H36N2O2/c1-14(16-9-10-16)13-20-15(2)12-17-8-6-7-11-21(17)18(22)23-19(3,4)5/h14-17,20H,6-13H2,1-5H3. The zero-order valence-electron chi connectivity index (χ0n) is 15.7. The zero-order chi connectivity index (χ0) is 17.0. The average Bonchev–Trinajstić information content (AvgIpc) is 3.28. The molecular formula is C19H36N2O2. The van der Waals surface area contributed by atoms with Crippen LogP contribution in [0.2, 0.25) is 0 Å². The highest BCUT2D eigenvalue weighted by Crippen LogP contribution is 2.36. The molecular weight excluding hydrogens is 288 g/mol. The Morgan fingerprint density at radius 1 is 1.22 bits per heavy atom. The number of carbonyl (C=O) groups is 1. The second kappa shape index (κ2) is 7.87. The summed E-state index contributed by atoms with van der Waals surface area (Å²) in [4.78, 5) is 14.4. The van der Waals surface area contributed by atoms with Crippen molar-refractivity contribution in [1.29, 1.82) is 0 Å². The summed E-state index contributed by atoms with van der Waals surface area (Å²) in [6, 6.07) is 0.765. The molecule has 3 unspecified atom stereocenters. The maximum atomic E-state index is 12.5. The van der Waals surface area contributed by atoms with Crippen LogP contribution in [0, 0.1) is 11.8 Å². The Balaban J connectivity index is 1.81. The summed E-state index contributed by atoms with van der Waals surface area (Å²) in [5, 5.41) is 3.68. The predicted octanol–water partition coefficient (Wildman–Crippen LogP) is 4.19. The second-order valence-electron chi connectivity index (χ2n) is 8.68. The Morgan fingerprint density at radius 2 is 1.91 bits per heavy atom. The number of piperidine rings is 1. The van der Waals surface area contributed by atoms with E-state index in [0.29, 0.717) is 12.1 Å². The number of hydrogen-bond acceptors (Lipinski definition) is 3. The highest BCUT2D eigenvalue weighted by Gasteiger charge is 2.32. The monoisotopic (exact) mass is 324 g/mol. The normalized spacial score (nSPS) is 25.1. The lowest BCUT2D eigenvalue weighted by Gasteiger charge is -2.38. The van der Waals surface area contributed by atoms with Gasteiger partial charge in [-0.15, -0.1) is 0 Å². The lowest BCUT2D eigenvalue weighted by molar-refractivity contribution is 0.00787. The van der Waals surface area contributed by atoms with E-state index in [1.165, 1.54) is 19.3 Å². The molecule has 4 nitrogen and oxygen atoms in total. The summed E-state index contributed by atoms with van der Waals surface area (Å²) in [7, 11) is 0. The first-order valence-corrected chi connectivity index (χ1v) is 9.49. The van der Waals surface area contributed by atoms with Gasteiger partial charge < -0.3 is 15.0 Å². The first kappa shape index (κ1) is 18.6. The summed E-state index contributed by atoms with van der Waals surface area (Å²) in [5.74, 6) is 1.73. The molecule has 1 heterocycles. The average molecular weight is 325 g/mol. The molecule has 1 saturated carbocycles. The SMILES string of the molecule is CC(CC1CCCCN1C(=O)OC(C)(C)C)NCC(C)C1CC1. The molecule has 1 N–H and O–H groups in total. The van der Waals surface area contributed by atoms with Gasteiger partial charge in [-0.3, -0.25) is 0 Å². The van der Waals surface area contributed by atoms with Crippen LogP contribution in [0.5, 0.6) is 0 Å². The molecule has 2 aliphatic rings. The van der Waals surface area contributed by atoms with Crippen molar-refractivity contribution in [3.63, 3.8) is 0 Å². The van der Waals surface area contributed by atoms with E-state index in [-0.39, 0.29) is 6.09 Å². The Hall–Kier alpha value is -0.770. The van der Waals surface area contributed by atoms with Crippen LogP contribution in [0.4, 0.5) is 4.79 Å². The lowest BCUT2D eigenvalue weighted by Crippen LogP contribution is -2.48. The minimum atomic E-state index is -0.414. The van der Waals surface area contributed by atoms with Crippen molar-refractivity contribution in [2.24, 2.45) is 11.8 Å². The number of hydrogen-bond donors (Lipinski definition) is 1. The third-order valence-electron chi connectivity index (χ3n) is 5.10. The third-order valence-corrected chi connectivity index (χ3v) is 5.10. The number of carbonyl (C=O) groups excluding carboxylic acids is 1. The highest BCUT2D eigenvalue weighted by molar-refractivity contribution is 5.68. The maximum Gasteiger partial charge on any atom is 0.410 e. The summed E-state index contributed by atoms with van der Waals surface area (Å²) in [5.41, 5.74) is -0.414. The van der Waals surface area contributed by atoms with Crippen molar-refractivity contribution < 1.29 is 9.53 Å². The van der Waals surface area contributed by atoms with Gasteiger partial charge >= 0.3 is 6.09 Å². The number of ether oxygens (including phenoxy) is 1. The highest BCUT2D eigenvalue weighted by atomic mass is 16.6. The molecule has 0 aromatic carbocycles. The van der Waals surface area contributed by atoms with Gasteiger partial charge in [-0.25, -0.2) is 4.79 Å². The molecule has 23 heavy (non-hydrogen) atoms. The van der Waals surface area contributed by atoms with Crippen LogP contribution in [0.1, 0.15) is 73.1 Å². The van der Waals surface area contributed by atoms with E-state index < -0.39 is 5.60 Å². The molecule has 2 fully saturated rings. The van der Waals surface area contributed by atoms with Crippen molar-refractivity contribution in [3.8, 4) is 0 Å². The summed E-state index contributed by atoms with van der Waals surface area (Å²) >= 11 is 0. The van der Waals surface area contributed by atoms with Gasteiger partial charge in [0.25, 0.3) is 0 Å². The zero-order valence-corrected chi connectivity index (χ0v) is 15.7. The van der Waals surface area contributed by atoms with Gasteiger partial charge in [0.05, 0.1) is 0 Å². The Labute approximate surface area is 142 Å². The van der Waals surface area contributed by atoms with Gasteiger partial charge in [-0.1, -0.05) is 6.92 Å². The Morgan fingerprint density at radius 3 is 2.52 bits per heavy atom. The summed E-state index contributed by atoms with van der Waals surface area (Å²) in [6.07, 6.45) is 7.12. The van der Waals surface area contributed by atoms with Crippen molar-refractivity contribution in [1.82, 2.24) is 10.2 Å². The van der Waals surface area contributed by atoms with E-state index in [1.54, 1.807) is 0 Å². The third kappa shape index (κ3) is 6.33. The fraction of sp³-hybridized carbons (Fsp3) is 0.947. The molecule has 3 atom stereocenters. The van der Waals surface area contributed by atoms with Crippen molar-refractivity contribution in [2.75, 3.05) is 13.1 Å². The number of likely N-dealkylation sites (tertiary alicyclic amines) is 1. The molecule has 1 aliphatic heterocycles. The van der Waals surface area contributed by atoms with Crippen molar-refractivity contribution in [3.05, 3.63) is 0 Å². The van der Waals surface area contributed by atoms with E-state index in [2.05, 4.69) is 19.2 Å². The molecule has 0 aromatic rings. The van der Waals surface area contributed by atoms with Crippen LogP contribution in [-0.4, -0.2) is 41.8 Å². The molecule has 0 aromatic heterocycles. The fourth-order valence-corrected chi connectivity index (χ4v) is 3.52. The van der Waals surface area contributed by atoms with E-state index >= 15 is 0 Å². The largest absolute Gasteiger partial charge is 0.444 e. The van der Waals surface area contributed by atoms with Crippen LogP contribution in [-0.2, 0) is 4.74 Å². The Bertz CT molecular complexity index is 387. The molecule has 0 bridgehead atoms. The predicted molar refractivity (Wildman–Crippen MR) is 94.5 cm³/mol. The molecule has 0 spiro atoms. The molecule has 1 aliphatic carbocycles. The second-order valence-corrected chi connectivity index (χ2v) is 8.68. The van der Waals surface area contributed by atoms with E-state index in [1.807, 2.05) is 25.7 Å². The van der Waals surface area contributed by atoms with Gasteiger partial charge in [0.15, 0.2) is 0 Å². The van der Waals surface area contributed by atoms with Crippen LogP contribution in [0.15, 0.2) is 0 Å². The maximum absolute atomic E-state index is 12.5. The van der Waals surface area contributed by atoms with E-state index in [0.717, 1.165) is 44.2 Å². The molecule has 0 radical (unpaired) electrons. The van der Waals surface area contributed by atoms with Gasteiger partial charge in [0, 0.05) is 18.6 Å². The van der Waals surface area contributed by atoms with Crippen molar-refractivity contribution in [2.45, 2.75) is 90.8 Å². The fourth-order valence-electron chi connectivity index (χ4n) is 3.52. The number of amides is 1. The molecule has 2 rings (SSSR count). The smallest absolute Gasteiger partial charge is 0.410 e. The summed E-state index contributed by atoms with van der Waals surface area (Å²) < 4.78 is 5.59. The first-order valence-electron chi connectivity index (χ1n) is 9.49. The van der Waals surface area contributed by atoms with Gasteiger partial charge in [-0.2, -0.15) is 0 Å². The lowest BCUT2D eigenvalue weighted by atomic mass is 9.96. The number of nitrogens with one attached hydrogen (secondary N) is 1. The van der Waals surface area contributed by atoms with Crippen LogP contribution < -0.4 is 5.32 Å². The minimum absolute atomic E-state index is 0.138. The Kier molecular flexibility index (Phi) is 6.35. The minimum Gasteiger partial charge on any atom is -0.444 e. The van der Waals surface area contributed by atoms with Crippen LogP contribution in [0.25, 0.3) is 0 Å². The van der Waals surface area contributed by atoms with Crippen LogP contribution in [0.3, 0.4) is 0 Å². The van der Waals surface area contributed by atoms with Gasteiger partial charge in [0.2, 0.25) is 0 Å². The quantitative estimate of drug-likeness (QED) is 0.796. The van der Waals surface area contributed by atoms with Gasteiger partial charge in [-0.05, 0) is 84.6 Å². The summed E-state index contributed by atoms with van der Waals surface area (Å²) in [6.45, 7) is 12.4.